The van der Waals surface area contributed by atoms with E-state index in [9.17, 15) is 26.4 Å². The fourth-order valence-corrected chi connectivity index (χ4v) is 3.78. The summed E-state index contributed by atoms with van der Waals surface area (Å²) in [7, 11) is -5.70. The molecule has 0 aliphatic heterocycles. The van der Waals surface area contributed by atoms with Gasteiger partial charge in [0.15, 0.2) is 11.6 Å². The van der Waals surface area contributed by atoms with E-state index in [1.54, 1.807) is 0 Å². The Morgan fingerprint density at radius 3 is 2.58 bits per heavy atom. The van der Waals surface area contributed by atoms with Crippen LogP contribution in [-0.2, 0) is 9.84 Å². The van der Waals surface area contributed by atoms with Gasteiger partial charge in [0.2, 0.25) is 0 Å². The number of carbonyl (C=O) groups is 1. The van der Waals surface area contributed by atoms with Crippen LogP contribution in [-0.4, -0.2) is 39.6 Å². The van der Waals surface area contributed by atoms with Crippen LogP contribution in [0.3, 0.4) is 0 Å². The second kappa shape index (κ2) is 9.77. The van der Waals surface area contributed by atoms with Crippen molar-refractivity contribution in [3.8, 4) is 11.9 Å². The van der Waals surface area contributed by atoms with E-state index in [0.29, 0.717) is 17.7 Å². The first-order valence-corrected chi connectivity index (χ1v) is 10.5. The maximum absolute atomic E-state index is 12.9. The Kier molecular flexibility index (Phi) is 7.73. The first kappa shape index (κ1) is 26.1. The normalized spacial score (nSPS) is 12.4. The highest BCUT2D eigenvalue weighted by Gasteiger charge is 2.47. The average Bonchev–Trinajstić information content (AvgIpc) is 3.22. The van der Waals surface area contributed by atoms with E-state index >= 15 is 0 Å². The standard InChI is InChI=1S/C18H12ClF3N6O3S.H2S/c1-10(16-25-9-26-28(16)15-4-11(8-23)2-3-24-15)27-17(29)12-5-13(19)7-14(6-12)32(30,31)18(20,21)22;/h2-7,9-10H,1H3,(H,27,29);1H2/t10-;/m1./s1. The van der Waals surface area contributed by atoms with Crippen LogP contribution in [0.5, 0.6) is 0 Å². The number of pyridine rings is 1. The van der Waals surface area contributed by atoms with Gasteiger partial charge in [0.25, 0.3) is 15.7 Å². The number of alkyl halides is 3. The van der Waals surface area contributed by atoms with Gasteiger partial charge >= 0.3 is 5.51 Å². The predicted octanol–water partition coefficient (Wildman–Crippen LogP) is 3.08. The molecule has 0 aliphatic rings. The van der Waals surface area contributed by atoms with Crippen LogP contribution in [0, 0.1) is 11.3 Å². The third-order valence-corrected chi connectivity index (χ3v) is 5.83. The van der Waals surface area contributed by atoms with Gasteiger partial charge in [-0.25, -0.2) is 18.4 Å². The number of hydrogen-bond donors (Lipinski definition) is 1. The number of carbonyl (C=O) groups excluding carboxylic acids is 1. The van der Waals surface area contributed by atoms with Gasteiger partial charge in [-0.3, -0.25) is 4.79 Å². The molecule has 0 bridgehead atoms. The maximum Gasteiger partial charge on any atom is 0.501 e. The number of nitrogens with zero attached hydrogens (tertiary/aromatic N) is 5. The molecule has 3 aromatic rings. The summed E-state index contributed by atoms with van der Waals surface area (Å²) in [5, 5.41) is 15.2. The molecular formula is C18H14ClF3N6O3S2. The molecule has 1 amide bonds. The molecule has 1 atom stereocenters. The Morgan fingerprint density at radius 1 is 1.24 bits per heavy atom. The molecule has 0 unspecified atom stereocenters. The van der Waals surface area contributed by atoms with Gasteiger partial charge in [0.1, 0.15) is 6.33 Å². The summed E-state index contributed by atoms with van der Waals surface area (Å²) in [5.41, 5.74) is -5.64. The van der Waals surface area contributed by atoms with Gasteiger partial charge in [-0.2, -0.15) is 41.7 Å². The van der Waals surface area contributed by atoms with Gasteiger partial charge < -0.3 is 5.32 Å². The summed E-state index contributed by atoms with van der Waals surface area (Å²) in [5.74, 6) is -0.447. The van der Waals surface area contributed by atoms with E-state index in [0.717, 1.165) is 6.07 Å². The highest BCUT2D eigenvalue weighted by molar-refractivity contribution is 7.92. The van der Waals surface area contributed by atoms with Gasteiger partial charge in [0.05, 0.1) is 22.6 Å². The van der Waals surface area contributed by atoms with Crippen LogP contribution in [0.25, 0.3) is 5.82 Å². The van der Waals surface area contributed by atoms with E-state index < -0.39 is 37.8 Å². The van der Waals surface area contributed by atoms with Gasteiger partial charge in [-0.15, -0.1) is 0 Å². The lowest BCUT2D eigenvalue weighted by Crippen LogP contribution is -2.29. The van der Waals surface area contributed by atoms with E-state index in [4.69, 9.17) is 16.9 Å². The molecule has 1 aromatic carbocycles. The Balaban J connectivity index is 0.00000385. The van der Waals surface area contributed by atoms with Crippen LogP contribution in [0.4, 0.5) is 13.2 Å². The third kappa shape index (κ3) is 5.44. The molecule has 1 N–H and O–H groups in total. The number of nitrogens with one attached hydrogen (secondary N) is 1. The number of benzene rings is 1. The molecule has 2 heterocycles. The van der Waals surface area contributed by atoms with Crippen LogP contribution >= 0.6 is 25.1 Å². The van der Waals surface area contributed by atoms with E-state index in [-0.39, 0.29) is 30.2 Å². The minimum absolute atomic E-state index is 0. The minimum atomic E-state index is -5.70. The summed E-state index contributed by atoms with van der Waals surface area (Å²) in [6.07, 6.45) is 2.57. The van der Waals surface area contributed by atoms with Crippen LogP contribution in [0.15, 0.2) is 47.8 Å². The summed E-state index contributed by atoms with van der Waals surface area (Å²) < 4.78 is 63.2. The molecular weight excluding hydrogens is 505 g/mol. The molecule has 9 nitrogen and oxygen atoms in total. The zero-order valence-electron chi connectivity index (χ0n) is 16.5. The lowest BCUT2D eigenvalue weighted by atomic mass is 10.2. The summed E-state index contributed by atoms with van der Waals surface area (Å²) in [6, 6.07) is 6.26. The third-order valence-electron chi connectivity index (χ3n) is 4.15. The van der Waals surface area contributed by atoms with Crippen molar-refractivity contribution in [2.75, 3.05) is 0 Å². The highest BCUT2D eigenvalue weighted by Crippen LogP contribution is 2.32. The lowest BCUT2D eigenvalue weighted by Gasteiger charge is -2.15. The highest BCUT2D eigenvalue weighted by atomic mass is 35.5. The number of amides is 1. The first-order chi connectivity index (χ1) is 14.9. The monoisotopic (exact) mass is 518 g/mol. The summed E-state index contributed by atoms with van der Waals surface area (Å²) in [4.78, 5) is 19.6. The molecule has 0 saturated carbocycles. The largest absolute Gasteiger partial charge is 0.501 e. The maximum atomic E-state index is 12.9. The Hall–Kier alpha value is -3.15. The second-order valence-corrected chi connectivity index (χ2v) is 8.74. The molecule has 0 saturated heterocycles. The molecule has 2 aromatic heterocycles. The second-order valence-electron chi connectivity index (χ2n) is 6.36. The number of hydrogen-bond acceptors (Lipinski definition) is 7. The van der Waals surface area contributed by atoms with Gasteiger partial charge in [-0.05, 0) is 31.2 Å². The molecule has 0 spiro atoms. The smallest absolute Gasteiger partial charge is 0.342 e. The van der Waals surface area contributed by atoms with Gasteiger partial charge in [0, 0.05) is 22.8 Å². The first-order valence-electron chi connectivity index (χ1n) is 8.63. The fourth-order valence-electron chi connectivity index (χ4n) is 2.65. The van der Waals surface area contributed by atoms with Crippen molar-refractivity contribution >= 4 is 40.8 Å². The zero-order chi connectivity index (χ0) is 23.7. The number of halogens is 4. The quantitative estimate of drug-likeness (QED) is 0.549. The van der Waals surface area contributed by atoms with Crippen LogP contribution in [0.2, 0.25) is 5.02 Å². The Bertz CT molecular complexity index is 1340. The topological polar surface area (TPSA) is 131 Å². The van der Waals surface area contributed by atoms with Gasteiger partial charge in [-0.1, -0.05) is 11.6 Å². The lowest BCUT2D eigenvalue weighted by molar-refractivity contribution is -0.0436. The van der Waals surface area contributed by atoms with Crippen molar-refractivity contribution in [2.24, 2.45) is 0 Å². The number of rotatable bonds is 5. The van der Waals surface area contributed by atoms with Crippen LogP contribution in [0.1, 0.15) is 34.7 Å². The van der Waals surface area contributed by atoms with Crippen molar-refractivity contribution in [1.29, 1.82) is 5.26 Å². The van der Waals surface area contributed by atoms with Crippen molar-refractivity contribution < 1.29 is 26.4 Å². The summed E-state index contributed by atoms with van der Waals surface area (Å²) >= 11 is 5.75. The number of sulfone groups is 1. The molecule has 0 radical (unpaired) electrons. The van der Waals surface area contributed by atoms with E-state index in [1.807, 2.05) is 6.07 Å². The molecule has 0 fully saturated rings. The zero-order valence-corrected chi connectivity index (χ0v) is 19.1. The number of nitriles is 1. The van der Waals surface area contributed by atoms with Crippen molar-refractivity contribution in [3.05, 3.63) is 64.8 Å². The van der Waals surface area contributed by atoms with Crippen LogP contribution < -0.4 is 5.32 Å². The molecule has 15 heteroatoms. The summed E-state index contributed by atoms with van der Waals surface area (Å²) in [6.45, 7) is 1.52. The van der Waals surface area contributed by atoms with Crippen molar-refractivity contribution in [1.82, 2.24) is 25.1 Å². The molecule has 0 aliphatic carbocycles. The van der Waals surface area contributed by atoms with E-state index in [2.05, 4.69) is 20.4 Å². The Labute approximate surface area is 197 Å². The average molecular weight is 519 g/mol. The van der Waals surface area contributed by atoms with Crippen molar-refractivity contribution in [2.45, 2.75) is 23.4 Å². The fraction of sp³-hybridized carbons (Fsp3) is 0.167. The minimum Gasteiger partial charge on any atom is -0.342 e. The van der Waals surface area contributed by atoms with E-state index in [1.165, 1.54) is 36.3 Å². The van der Waals surface area contributed by atoms with Crippen molar-refractivity contribution in [3.63, 3.8) is 0 Å². The predicted molar refractivity (Wildman–Crippen MR) is 115 cm³/mol. The molecule has 3 rings (SSSR count). The molecule has 33 heavy (non-hydrogen) atoms. The SMILES string of the molecule is C[C@@H](NC(=O)c1cc(Cl)cc(S(=O)(=O)C(F)(F)F)c1)c1ncnn1-c1cc(C#N)ccn1.S. The Morgan fingerprint density at radius 2 is 1.94 bits per heavy atom. The number of aromatic nitrogens is 4. The molecule has 174 valence electrons.